The molecule has 0 spiro atoms. The first kappa shape index (κ1) is 32.7. The van der Waals surface area contributed by atoms with E-state index in [1.165, 1.54) is 6.07 Å². The molecule has 1 aliphatic rings. The van der Waals surface area contributed by atoms with Gasteiger partial charge in [0.05, 0.1) is 4.92 Å². The molecule has 0 aliphatic heterocycles. The Bertz CT molecular complexity index is 1210. The highest BCUT2D eigenvalue weighted by atomic mass is 16.6. The van der Waals surface area contributed by atoms with E-state index in [2.05, 4.69) is 10.6 Å². The molecule has 0 bridgehead atoms. The summed E-state index contributed by atoms with van der Waals surface area (Å²) in [5.41, 5.74) is 1.13. The van der Waals surface area contributed by atoms with E-state index in [0.717, 1.165) is 31.2 Å². The van der Waals surface area contributed by atoms with Gasteiger partial charge >= 0.3 is 12.2 Å². The Morgan fingerprint density at radius 1 is 0.976 bits per heavy atom. The van der Waals surface area contributed by atoms with E-state index in [-0.39, 0.29) is 42.4 Å². The second kappa shape index (κ2) is 13.9. The second-order valence-corrected chi connectivity index (χ2v) is 13.2. The fourth-order valence-electron chi connectivity index (χ4n) is 4.85. The van der Waals surface area contributed by atoms with Gasteiger partial charge in [0, 0.05) is 30.7 Å². The fraction of sp³-hybridized carbons (Fsp3) is 0.562. The van der Waals surface area contributed by atoms with Crippen molar-refractivity contribution in [2.24, 2.45) is 5.41 Å². The molecule has 0 unspecified atom stereocenters. The summed E-state index contributed by atoms with van der Waals surface area (Å²) in [5.74, 6) is 0. The van der Waals surface area contributed by atoms with Gasteiger partial charge < -0.3 is 25.0 Å². The summed E-state index contributed by atoms with van der Waals surface area (Å²) < 4.78 is 11.0. The zero-order valence-corrected chi connectivity index (χ0v) is 25.9. The molecule has 0 aromatic heterocycles. The molecule has 0 radical (unpaired) electrons. The van der Waals surface area contributed by atoms with E-state index in [1.54, 1.807) is 11.0 Å². The molecule has 1 atom stereocenters. The summed E-state index contributed by atoms with van der Waals surface area (Å²) in [6.07, 6.45) is 2.10. The van der Waals surface area contributed by atoms with Crippen molar-refractivity contribution in [1.29, 1.82) is 0 Å². The molecule has 0 saturated heterocycles. The number of benzene rings is 2. The van der Waals surface area contributed by atoms with E-state index in [1.807, 2.05) is 84.9 Å². The number of alkyl carbamates (subject to hydrolysis) is 1. The smallest absolute Gasteiger partial charge is 0.410 e. The Kier molecular flexibility index (Phi) is 10.8. The third kappa shape index (κ3) is 9.92. The van der Waals surface area contributed by atoms with Crippen LogP contribution < -0.4 is 10.6 Å². The maximum Gasteiger partial charge on any atom is 0.410 e. The topological polar surface area (TPSA) is 123 Å². The first-order valence-corrected chi connectivity index (χ1v) is 14.6. The Morgan fingerprint density at radius 2 is 1.60 bits per heavy atom. The highest BCUT2D eigenvalue weighted by molar-refractivity contribution is 5.69. The van der Waals surface area contributed by atoms with Gasteiger partial charge in [-0.25, -0.2) is 9.59 Å². The number of carbonyl (C=O) groups is 2. The van der Waals surface area contributed by atoms with Crippen LogP contribution in [-0.4, -0.2) is 45.7 Å². The van der Waals surface area contributed by atoms with Gasteiger partial charge in [-0.05, 0) is 76.0 Å². The zero-order chi connectivity index (χ0) is 31.1. The van der Waals surface area contributed by atoms with Crippen molar-refractivity contribution in [1.82, 2.24) is 10.2 Å². The highest BCUT2D eigenvalue weighted by Gasteiger charge is 2.32. The van der Waals surface area contributed by atoms with E-state index in [0.29, 0.717) is 11.3 Å². The molecule has 1 aliphatic carbocycles. The van der Waals surface area contributed by atoms with Gasteiger partial charge in [-0.15, -0.1) is 0 Å². The average molecular weight is 583 g/mol. The maximum absolute atomic E-state index is 13.2. The van der Waals surface area contributed by atoms with E-state index in [4.69, 9.17) is 9.47 Å². The largest absolute Gasteiger partial charge is 0.445 e. The normalized spacial score (nSPS) is 18.0. The summed E-state index contributed by atoms with van der Waals surface area (Å²) >= 11 is 0. The van der Waals surface area contributed by atoms with Crippen molar-refractivity contribution in [3.63, 3.8) is 0 Å². The first-order valence-electron chi connectivity index (χ1n) is 14.6. The lowest BCUT2D eigenvalue weighted by atomic mass is 9.87. The molecule has 10 nitrogen and oxygen atoms in total. The van der Waals surface area contributed by atoms with E-state index in [9.17, 15) is 19.7 Å². The number of amides is 2. The minimum absolute atomic E-state index is 0.00713. The molecule has 2 aromatic rings. The molecule has 10 heteroatoms. The number of ether oxygens (including phenoxy) is 2. The zero-order valence-electron chi connectivity index (χ0n) is 25.9. The number of nitrogens with zero attached hydrogens (tertiary/aromatic N) is 2. The van der Waals surface area contributed by atoms with Crippen molar-refractivity contribution in [2.75, 3.05) is 5.32 Å². The summed E-state index contributed by atoms with van der Waals surface area (Å²) in [5, 5.41) is 18.3. The summed E-state index contributed by atoms with van der Waals surface area (Å²) in [6, 6.07) is 14.4. The van der Waals surface area contributed by atoms with Crippen molar-refractivity contribution in [2.45, 2.75) is 111 Å². The van der Waals surface area contributed by atoms with Gasteiger partial charge in [0.25, 0.3) is 5.69 Å². The lowest BCUT2D eigenvalue weighted by molar-refractivity contribution is -0.384. The average Bonchev–Trinajstić information content (AvgIpc) is 2.90. The van der Waals surface area contributed by atoms with Crippen LogP contribution in [0, 0.1) is 15.5 Å². The molecule has 0 heterocycles. The van der Waals surface area contributed by atoms with Crippen molar-refractivity contribution in [3.8, 4) is 0 Å². The molecule has 2 amide bonds. The summed E-state index contributed by atoms with van der Waals surface area (Å²) in [7, 11) is 0. The van der Waals surface area contributed by atoms with Crippen molar-refractivity contribution < 1.29 is 24.0 Å². The number of nitrogens with one attached hydrogen (secondary N) is 2. The van der Waals surface area contributed by atoms with Crippen molar-refractivity contribution in [3.05, 3.63) is 69.8 Å². The van der Waals surface area contributed by atoms with Crippen LogP contribution in [0.4, 0.5) is 21.0 Å². The Balaban J connectivity index is 1.67. The number of hydrogen-bond acceptors (Lipinski definition) is 7. The number of hydrogen-bond donors (Lipinski definition) is 2. The molecule has 42 heavy (non-hydrogen) atoms. The minimum atomic E-state index is -0.557. The fourth-order valence-corrected chi connectivity index (χ4v) is 4.85. The van der Waals surface area contributed by atoms with Crippen LogP contribution in [0.15, 0.2) is 48.5 Å². The van der Waals surface area contributed by atoms with Crippen LogP contribution in [0.25, 0.3) is 0 Å². The lowest BCUT2D eigenvalue weighted by Gasteiger charge is -2.37. The lowest BCUT2D eigenvalue weighted by Crippen LogP contribution is -2.45. The molecule has 230 valence electrons. The Hall–Kier alpha value is -3.82. The Morgan fingerprint density at radius 3 is 2.17 bits per heavy atom. The first-order chi connectivity index (χ1) is 19.6. The van der Waals surface area contributed by atoms with E-state index < -0.39 is 22.7 Å². The van der Waals surface area contributed by atoms with Crippen molar-refractivity contribution >= 4 is 23.6 Å². The predicted octanol–water partition coefficient (Wildman–Crippen LogP) is 7.42. The molecular formula is C32H46N4O6. The summed E-state index contributed by atoms with van der Waals surface area (Å²) in [6.45, 7) is 13.9. The number of rotatable bonds is 9. The van der Waals surface area contributed by atoms with Gasteiger partial charge in [-0.2, -0.15) is 0 Å². The van der Waals surface area contributed by atoms with Gasteiger partial charge in [0.2, 0.25) is 0 Å². The quantitative estimate of drug-likeness (QED) is 0.233. The number of nitro benzene ring substituents is 1. The Labute approximate surface area is 249 Å². The monoisotopic (exact) mass is 582 g/mol. The molecular weight excluding hydrogens is 536 g/mol. The van der Waals surface area contributed by atoms with Crippen LogP contribution in [0.1, 0.15) is 85.3 Å². The molecule has 2 N–H and O–H groups in total. The van der Waals surface area contributed by atoms with Gasteiger partial charge in [-0.1, -0.05) is 57.2 Å². The molecule has 3 rings (SSSR count). The second-order valence-electron chi connectivity index (χ2n) is 13.2. The van der Waals surface area contributed by atoms with Crippen LogP contribution in [0.5, 0.6) is 0 Å². The third-order valence-electron chi connectivity index (χ3n) is 7.58. The van der Waals surface area contributed by atoms with Gasteiger partial charge in [0.15, 0.2) is 0 Å². The number of nitro groups is 1. The standard InChI is InChI=1S/C32H46N4O6/c1-22(31(2,3)4)35(30(38)41-21-23-11-9-8-10-12-23)20-24-13-18-27(28(19-24)36(39)40)33-25-14-16-26(17-15-25)34-29(37)42-32(5,6)7/h8-13,18-19,22,25-26,33H,14-17,20-21H2,1-7H3,(H,34,37)/t22-,25?,26?/m0/s1. The number of anilines is 1. The van der Waals surface area contributed by atoms with Gasteiger partial charge in [0.1, 0.15) is 17.9 Å². The maximum atomic E-state index is 13.2. The van der Waals surface area contributed by atoms with E-state index >= 15 is 0 Å². The third-order valence-corrected chi connectivity index (χ3v) is 7.58. The highest BCUT2D eigenvalue weighted by Crippen LogP contribution is 2.32. The van der Waals surface area contributed by atoms with Crippen LogP contribution >= 0.6 is 0 Å². The molecule has 1 saturated carbocycles. The minimum Gasteiger partial charge on any atom is -0.445 e. The number of carbonyl (C=O) groups excluding carboxylic acids is 2. The van der Waals surface area contributed by atoms with Crippen LogP contribution in [0.3, 0.4) is 0 Å². The molecule has 2 aromatic carbocycles. The predicted molar refractivity (Wildman–Crippen MR) is 163 cm³/mol. The van der Waals surface area contributed by atoms with Gasteiger partial charge in [-0.3, -0.25) is 10.1 Å². The SMILES string of the molecule is C[C@H](N(Cc1ccc(NC2CCC(NC(=O)OC(C)(C)C)CC2)c([N+](=O)[O-])c1)C(=O)OCc1ccccc1)C(C)(C)C. The van der Waals surface area contributed by atoms with Crippen LogP contribution in [0.2, 0.25) is 0 Å². The molecule has 1 fully saturated rings. The summed E-state index contributed by atoms with van der Waals surface area (Å²) in [4.78, 5) is 38.7. The van der Waals surface area contributed by atoms with Crippen LogP contribution in [-0.2, 0) is 22.6 Å².